The summed E-state index contributed by atoms with van der Waals surface area (Å²) < 4.78 is 1.72. The van der Waals surface area contributed by atoms with Gasteiger partial charge in [-0.05, 0) is 56.7 Å². The van der Waals surface area contributed by atoms with Crippen LogP contribution >= 0.6 is 0 Å². The van der Waals surface area contributed by atoms with Crippen LogP contribution in [0.5, 0.6) is 0 Å². The van der Waals surface area contributed by atoms with Gasteiger partial charge in [-0.1, -0.05) is 19.3 Å². The van der Waals surface area contributed by atoms with E-state index in [1.165, 1.54) is 25.7 Å². The van der Waals surface area contributed by atoms with Crippen LogP contribution < -0.4 is 5.56 Å². The molecule has 2 heterocycles. The Morgan fingerprint density at radius 3 is 2.73 bits per heavy atom. The Morgan fingerprint density at radius 2 is 1.96 bits per heavy atom. The molecule has 26 heavy (non-hydrogen) atoms. The van der Waals surface area contributed by atoms with Crippen molar-refractivity contribution >= 4 is 16.9 Å². The fourth-order valence-corrected chi connectivity index (χ4v) is 4.79. The predicted molar refractivity (Wildman–Crippen MR) is 102 cm³/mol. The molecule has 2 aliphatic rings. The smallest absolute Gasteiger partial charge is 0.272 e. The molecular formula is C21H27N3O2. The van der Waals surface area contributed by atoms with Gasteiger partial charge in [-0.2, -0.15) is 0 Å². The second kappa shape index (κ2) is 6.86. The quantitative estimate of drug-likeness (QED) is 0.832. The van der Waals surface area contributed by atoms with Crippen molar-refractivity contribution < 1.29 is 4.79 Å². The van der Waals surface area contributed by atoms with Crippen LogP contribution in [0, 0.1) is 18.8 Å². The van der Waals surface area contributed by atoms with Gasteiger partial charge in [0, 0.05) is 25.2 Å². The van der Waals surface area contributed by atoms with Crippen molar-refractivity contribution in [2.45, 2.75) is 52.5 Å². The lowest BCUT2D eigenvalue weighted by Gasteiger charge is -2.41. The number of nitrogens with zero attached hydrogens (tertiary/aromatic N) is 3. The largest absolute Gasteiger partial charge is 0.338 e. The average molecular weight is 353 g/mol. The van der Waals surface area contributed by atoms with Crippen LogP contribution in [-0.4, -0.2) is 33.4 Å². The zero-order valence-electron chi connectivity index (χ0n) is 15.7. The normalized spacial score (nSPS) is 23.1. The monoisotopic (exact) mass is 353 g/mol. The van der Waals surface area contributed by atoms with Crippen molar-refractivity contribution in [2.24, 2.45) is 11.8 Å². The predicted octanol–water partition coefficient (Wildman–Crippen LogP) is 3.38. The summed E-state index contributed by atoms with van der Waals surface area (Å²) in [6.45, 7) is 6.03. The highest BCUT2D eigenvalue weighted by atomic mass is 16.2. The molecule has 1 saturated carbocycles. The van der Waals surface area contributed by atoms with Crippen LogP contribution in [0.2, 0.25) is 0 Å². The fourth-order valence-electron chi connectivity index (χ4n) is 4.79. The number of amides is 1. The first-order chi connectivity index (χ1) is 12.6. The van der Waals surface area contributed by atoms with E-state index in [0.29, 0.717) is 23.7 Å². The summed E-state index contributed by atoms with van der Waals surface area (Å²) in [7, 11) is 0. The molecule has 1 aliphatic heterocycles. The number of hydrogen-bond acceptors (Lipinski definition) is 3. The molecule has 1 amide bonds. The minimum atomic E-state index is -0.0570. The summed E-state index contributed by atoms with van der Waals surface area (Å²) in [5, 5.41) is 0. The number of likely N-dealkylation sites (tertiary alicyclic amines) is 1. The van der Waals surface area contributed by atoms with E-state index in [4.69, 9.17) is 0 Å². The van der Waals surface area contributed by atoms with Crippen LogP contribution in [0.1, 0.15) is 55.1 Å². The number of hydrogen-bond donors (Lipinski definition) is 0. The van der Waals surface area contributed by atoms with E-state index in [2.05, 4.69) is 4.98 Å². The SMILES string of the molecule is CCn1c(=O)c(C)nc2cc(C(=O)N3CC[C@H]4CCCC[C@@H]4C3)ccc21. The zero-order chi connectivity index (χ0) is 18.3. The summed E-state index contributed by atoms with van der Waals surface area (Å²) in [6, 6.07) is 5.57. The molecule has 1 aromatic heterocycles. The van der Waals surface area contributed by atoms with Gasteiger partial charge in [-0.25, -0.2) is 4.98 Å². The Bertz CT molecular complexity index is 902. The van der Waals surface area contributed by atoms with E-state index < -0.39 is 0 Å². The first-order valence-electron chi connectivity index (χ1n) is 9.89. The van der Waals surface area contributed by atoms with Crippen molar-refractivity contribution in [1.29, 1.82) is 0 Å². The van der Waals surface area contributed by atoms with Gasteiger partial charge < -0.3 is 9.47 Å². The van der Waals surface area contributed by atoms with Crippen LogP contribution in [0.4, 0.5) is 0 Å². The fraction of sp³-hybridized carbons (Fsp3) is 0.571. The molecule has 2 fully saturated rings. The third-order valence-corrected chi connectivity index (χ3v) is 6.25. The number of carbonyl (C=O) groups excluding carboxylic acids is 1. The highest BCUT2D eigenvalue weighted by Crippen LogP contribution is 2.36. The number of carbonyl (C=O) groups is 1. The number of aryl methyl sites for hydroxylation is 2. The van der Waals surface area contributed by atoms with Gasteiger partial charge in [-0.3, -0.25) is 9.59 Å². The first-order valence-corrected chi connectivity index (χ1v) is 9.89. The Balaban J connectivity index is 1.63. The average Bonchev–Trinajstić information content (AvgIpc) is 2.67. The van der Waals surface area contributed by atoms with Crippen molar-refractivity contribution in [2.75, 3.05) is 13.1 Å². The maximum atomic E-state index is 13.1. The molecule has 0 N–H and O–H groups in total. The molecule has 5 nitrogen and oxygen atoms in total. The summed E-state index contributed by atoms with van der Waals surface area (Å²) in [4.78, 5) is 31.8. The lowest BCUT2D eigenvalue weighted by atomic mass is 9.75. The van der Waals surface area contributed by atoms with Gasteiger partial charge in [0.1, 0.15) is 5.69 Å². The van der Waals surface area contributed by atoms with Crippen molar-refractivity contribution in [3.8, 4) is 0 Å². The molecule has 1 saturated heterocycles. The van der Waals surface area contributed by atoms with Crippen LogP contribution in [0.25, 0.3) is 11.0 Å². The number of aromatic nitrogens is 2. The van der Waals surface area contributed by atoms with Gasteiger partial charge in [0.25, 0.3) is 11.5 Å². The highest BCUT2D eigenvalue weighted by Gasteiger charge is 2.33. The van der Waals surface area contributed by atoms with Gasteiger partial charge in [0.2, 0.25) is 0 Å². The summed E-state index contributed by atoms with van der Waals surface area (Å²) in [5.74, 6) is 1.59. The van der Waals surface area contributed by atoms with Crippen LogP contribution in [-0.2, 0) is 6.54 Å². The molecule has 1 aromatic carbocycles. The van der Waals surface area contributed by atoms with E-state index in [-0.39, 0.29) is 11.5 Å². The summed E-state index contributed by atoms with van der Waals surface area (Å²) in [6.07, 6.45) is 6.38. The third kappa shape index (κ3) is 2.93. The Labute approximate surface area is 154 Å². The van der Waals surface area contributed by atoms with Crippen LogP contribution in [0.15, 0.2) is 23.0 Å². The van der Waals surface area contributed by atoms with E-state index in [1.54, 1.807) is 11.5 Å². The lowest BCUT2D eigenvalue weighted by Crippen LogP contribution is -2.44. The number of fused-ring (bicyclic) bond motifs is 2. The summed E-state index contributed by atoms with van der Waals surface area (Å²) >= 11 is 0. The Kier molecular flexibility index (Phi) is 4.55. The Morgan fingerprint density at radius 1 is 1.19 bits per heavy atom. The molecule has 0 unspecified atom stereocenters. The van der Waals surface area contributed by atoms with Gasteiger partial charge >= 0.3 is 0 Å². The topological polar surface area (TPSA) is 55.2 Å². The number of rotatable bonds is 2. The van der Waals surface area contributed by atoms with Gasteiger partial charge in [0.15, 0.2) is 0 Å². The van der Waals surface area contributed by atoms with Gasteiger partial charge in [0.05, 0.1) is 11.0 Å². The minimum Gasteiger partial charge on any atom is -0.338 e. The maximum absolute atomic E-state index is 13.1. The second-order valence-electron chi connectivity index (χ2n) is 7.79. The number of piperidine rings is 1. The summed E-state index contributed by atoms with van der Waals surface area (Å²) in [5.41, 5.74) is 2.62. The second-order valence-corrected chi connectivity index (χ2v) is 7.79. The molecule has 5 heteroatoms. The van der Waals surface area contributed by atoms with E-state index in [9.17, 15) is 9.59 Å². The molecule has 1 aliphatic carbocycles. The molecule has 0 radical (unpaired) electrons. The van der Waals surface area contributed by atoms with E-state index >= 15 is 0 Å². The van der Waals surface area contributed by atoms with Gasteiger partial charge in [-0.15, -0.1) is 0 Å². The molecule has 4 rings (SSSR count). The molecular weight excluding hydrogens is 326 g/mol. The van der Waals surface area contributed by atoms with Crippen molar-refractivity contribution in [3.63, 3.8) is 0 Å². The Hall–Kier alpha value is -2.17. The number of benzene rings is 1. The first kappa shape index (κ1) is 17.3. The van der Waals surface area contributed by atoms with Crippen molar-refractivity contribution in [1.82, 2.24) is 14.5 Å². The molecule has 0 bridgehead atoms. The standard InChI is InChI=1S/C21H27N3O2/c1-3-24-19-9-8-16(12-18(19)22-14(2)20(24)25)21(26)23-11-10-15-6-4-5-7-17(15)13-23/h8-9,12,15,17H,3-7,10-11,13H2,1-2H3/t15-,17-/m1/s1. The molecule has 138 valence electrons. The molecule has 2 atom stereocenters. The zero-order valence-corrected chi connectivity index (χ0v) is 15.7. The highest BCUT2D eigenvalue weighted by molar-refractivity contribution is 5.97. The maximum Gasteiger partial charge on any atom is 0.272 e. The van der Waals surface area contributed by atoms with E-state index in [0.717, 1.165) is 36.5 Å². The molecule has 0 spiro atoms. The molecule has 2 aromatic rings. The minimum absolute atomic E-state index is 0.0570. The van der Waals surface area contributed by atoms with E-state index in [1.807, 2.05) is 30.0 Å². The van der Waals surface area contributed by atoms with Crippen LogP contribution in [0.3, 0.4) is 0 Å². The van der Waals surface area contributed by atoms with Crippen molar-refractivity contribution in [3.05, 3.63) is 39.8 Å². The third-order valence-electron chi connectivity index (χ3n) is 6.25. The lowest BCUT2D eigenvalue weighted by molar-refractivity contribution is 0.0521.